The first kappa shape index (κ1) is 11.0. The summed E-state index contributed by atoms with van der Waals surface area (Å²) in [6.07, 6.45) is 1.97. The van der Waals surface area contributed by atoms with E-state index >= 15 is 0 Å². The molecule has 1 amide bonds. The molecule has 1 N–H and O–H groups in total. The largest absolute Gasteiger partial charge is 0.481 e. The van der Waals surface area contributed by atoms with Gasteiger partial charge in [0, 0.05) is 19.0 Å². The lowest BCUT2D eigenvalue weighted by Gasteiger charge is -2.25. The Hall–Kier alpha value is -1.06. The van der Waals surface area contributed by atoms with E-state index in [0.29, 0.717) is 6.54 Å². The van der Waals surface area contributed by atoms with Gasteiger partial charge in [0.1, 0.15) is 0 Å². The summed E-state index contributed by atoms with van der Waals surface area (Å²) < 4.78 is 0. The summed E-state index contributed by atoms with van der Waals surface area (Å²) in [7, 11) is 0. The number of aliphatic carboxylic acids is 1. The van der Waals surface area contributed by atoms with Crippen molar-refractivity contribution in [2.45, 2.75) is 39.2 Å². The van der Waals surface area contributed by atoms with Crippen LogP contribution in [-0.2, 0) is 9.59 Å². The van der Waals surface area contributed by atoms with Crippen molar-refractivity contribution in [1.29, 1.82) is 0 Å². The van der Waals surface area contributed by atoms with Crippen LogP contribution in [0.25, 0.3) is 0 Å². The summed E-state index contributed by atoms with van der Waals surface area (Å²) >= 11 is 0. The van der Waals surface area contributed by atoms with Gasteiger partial charge in [-0.15, -0.1) is 0 Å². The Labute approximate surface area is 83.9 Å². The molecule has 0 saturated carbocycles. The maximum atomic E-state index is 11.5. The standard InChI is InChI=1S/C10H17NO3/c1-3-8(4-2)11-6-7(10(13)14)5-9(11)12/h7-8H,3-6H2,1-2H3,(H,13,14)/t7-/m0/s1. The van der Waals surface area contributed by atoms with Gasteiger partial charge in [0.05, 0.1) is 5.92 Å². The van der Waals surface area contributed by atoms with Gasteiger partial charge in [0.15, 0.2) is 0 Å². The smallest absolute Gasteiger partial charge is 0.308 e. The van der Waals surface area contributed by atoms with Crippen molar-refractivity contribution >= 4 is 11.9 Å². The van der Waals surface area contributed by atoms with E-state index in [0.717, 1.165) is 12.8 Å². The highest BCUT2D eigenvalue weighted by Crippen LogP contribution is 2.22. The van der Waals surface area contributed by atoms with Crippen LogP contribution in [-0.4, -0.2) is 34.5 Å². The number of nitrogens with zero attached hydrogens (tertiary/aromatic N) is 1. The third-order valence-corrected chi connectivity index (χ3v) is 2.89. The van der Waals surface area contributed by atoms with Crippen molar-refractivity contribution < 1.29 is 14.7 Å². The zero-order valence-electron chi connectivity index (χ0n) is 8.69. The second-order valence-electron chi connectivity index (χ2n) is 3.76. The predicted octanol–water partition coefficient (Wildman–Crippen LogP) is 1.11. The molecule has 0 spiro atoms. The van der Waals surface area contributed by atoms with Crippen LogP contribution in [0.2, 0.25) is 0 Å². The minimum absolute atomic E-state index is 0.00824. The van der Waals surface area contributed by atoms with Gasteiger partial charge < -0.3 is 10.0 Å². The van der Waals surface area contributed by atoms with Crippen molar-refractivity contribution in [2.24, 2.45) is 5.92 Å². The van der Waals surface area contributed by atoms with E-state index in [2.05, 4.69) is 0 Å². The topological polar surface area (TPSA) is 57.6 Å². The van der Waals surface area contributed by atoms with Gasteiger partial charge in [0.2, 0.25) is 5.91 Å². The zero-order chi connectivity index (χ0) is 10.7. The number of carbonyl (C=O) groups is 2. The van der Waals surface area contributed by atoms with Crippen LogP contribution in [0.3, 0.4) is 0 Å². The monoisotopic (exact) mass is 199 g/mol. The van der Waals surface area contributed by atoms with Gasteiger partial charge in [-0.3, -0.25) is 9.59 Å². The lowest BCUT2D eigenvalue weighted by Crippen LogP contribution is -2.36. The number of carboxylic acid groups (broad SMARTS) is 1. The first-order valence-corrected chi connectivity index (χ1v) is 5.12. The van der Waals surface area contributed by atoms with Crippen LogP contribution in [0, 0.1) is 5.92 Å². The third-order valence-electron chi connectivity index (χ3n) is 2.89. The second kappa shape index (κ2) is 4.44. The second-order valence-corrected chi connectivity index (χ2v) is 3.76. The van der Waals surface area contributed by atoms with Crippen LogP contribution in [0.4, 0.5) is 0 Å². The Kier molecular flexibility index (Phi) is 3.49. The molecule has 0 unspecified atom stereocenters. The molecule has 1 atom stereocenters. The SMILES string of the molecule is CCC(CC)N1C[C@@H](C(=O)O)CC1=O. The fraction of sp³-hybridized carbons (Fsp3) is 0.800. The third kappa shape index (κ3) is 2.05. The lowest BCUT2D eigenvalue weighted by atomic mass is 10.1. The van der Waals surface area contributed by atoms with Gasteiger partial charge in [0.25, 0.3) is 0 Å². The van der Waals surface area contributed by atoms with Crippen molar-refractivity contribution in [2.75, 3.05) is 6.54 Å². The number of amides is 1. The molecular formula is C10H17NO3. The zero-order valence-corrected chi connectivity index (χ0v) is 8.69. The Bertz CT molecular complexity index is 236. The van der Waals surface area contributed by atoms with E-state index in [1.807, 2.05) is 13.8 Å². The number of hydrogen-bond acceptors (Lipinski definition) is 2. The highest BCUT2D eigenvalue weighted by atomic mass is 16.4. The van der Waals surface area contributed by atoms with Crippen LogP contribution < -0.4 is 0 Å². The Balaban J connectivity index is 2.64. The highest BCUT2D eigenvalue weighted by Gasteiger charge is 2.36. The molecule has 0 aromatic rings. The molecule has 14 heavy (non-hydrogen) atoms. The minimum atomic E-state index is -0.855. The van der Waals surface area contributed by atoms with E-state index < -0.39 is 11.9 Å². The number of hydrogen-bond donors (Lipinski definition) is 1. The summed E-state index contributed by atoms with van der Waals surface area (Å²) in [6, 6.07) is 0.215. The summed E-state index contributed by atoms with van der Waals surface area (Å²) in [5.41, 5.74) is 0. The van der Waals surface area contributed by atoms with Crippen molar-refractivity contribution in [3.63, 3.8) is 0 Å². The van der Waals surface area contributed by atoms with Gasteiger partial charge in [-0.2, -0.15) is 0 Å². The van der Waals surface area contributed by atoms with Crippen LogP contribution in [0.5, 0.6) is 0 Å². The van der Waals surface area contributed by atoms with Crippen molar-refractivity contribution in [1.82, 2.24) is 4.90 Å². The summed E-state index contributed by atoms with van der Waals surface area (Å²) in [4.78, 5) is 23.9. The van der Waals surface area contributed by atoms with Crippen LogP contribution in [0.1, 0.15) is 33.1 Å². The molecule has 1 saturated heterocycles. The molecule has 1 rings (SSSR count). The molecular weight excluding hydrogens is 182 g/mol. The quantitative estimate of drug-likeness (QED) is 0.737. The van der Waals surface area contributed by atoms with Crippen molar-refractivity contribution in [3.8, 4) is 0 Å². The van der Waals surface area contributed by atoms with Gasteiger partial charge >= 0.3 is 5.97 Å². The van der Waals surface area contributed by atoms with Crippen molar-refractivity contribution in [3.05, 3.63) is 0 Å². The van der Waals surface area contributed by atoms with Gasteiger partial charge in [-0.05, 0) is 12.8 Å². The highest BCUT2D eigenvalue weighted by molar-refractivity contribution is 5.86. The first-order valence-electron chi connectivity index (χ1n) is 5.12. The molecule has 1 heterocycles. The Morgan fingerprint density at radius 1 is 1.57 bits per heavy atom. The molecule has 0 bridgehead atoms. The van der Waals surface area contributed by atoms with E-state index in [-0.39, 0.29) is 18.4 Å². The van der Waals surface area contributed by atoms with Gasteiger partial charge in [-0.1, -0.05) is 13.8 Å². The van der Waals surface area contributed by atoms with E-state index in [1.165, 1.54) is 0 Å². The van der Waals surface area contributed by atoms with E-state index in [1.54, 1.807) is 4.90 Å². The normalized spacial score (nSPS) is 22.1. The molecule has 0 aliphatic carbocycles. The molecule has 1 fully saturated rings. The maximum Gasteiger partial charge on any atom is 0.308 e. The number of carboxylic acids is 1. The van der Waals surface area contributed by atoms with Crippen LogP contribution in [0.15, 0.2) is 0 Å². The average Bonchev–Trinajstić information content (AvgIpc) is 2.51. The summed E-state index contributed by atoms with van der Waals surface area (Å²) in [6.45, 7) is 4.44. The average molecular weight is 199 g/mol. The molecule has 0 aromatic heterocycles. The summed E-state index contributed by atoms with van der Waals surface area (Å²) in [5, 5.41) is 8.80. The van der Waals surface area contributed by atoms with E-state index in [9.17, 15) is 9.59 Å². The van der Waals surface area contributed by atoms with Crippen LogP contribution >= 0.6 is 0 Å². The fourth-order valence-corrected chi connectivity index (χ4v) is 1.98. The minimum Gasteiger partial charge on any atom is -0.481 e. The number of rotatable bonds is 4. The first-order chi connectivity index (χ1) is 6.60. The molecule has 0 radical (unpaired) electrons. The van der Waals surface area contributed by atoms with Gasteiger partial charge in [-0.25, -0.2) is 0 Å². The molecule has 4 heteroatoms. The molecule has 0 aromatic carbocycles. The number of carbonyl (C=O) groups excluding carboxylic acids is 1. The molecule has 1 aliphatic rings. The molecule has 80 valence electrons. The Morgan fingerprint density at radius 3 is 2.50 bits per heavy atom. The maximum absolute atomic E-state index is 11.5. The lowest BCUT2D eigenvalue weighted by molar-refractivity contribution is -0.141. The molecule has 4 nitrogen and oxygen atoms in total. The predicted molar refractivity (Wildman–Crippen MR) is 51.8 cm³/mol. The summed E-state index contributed by atoms with van der Waals surface area (Å²) in [5.74, 6) is -1.36. The Morgan fingerprint density at radius 2 is 2.14 bits per heavy atom. The van der Waals surface area contributed by atoms with E-state index in [4.69, 9.17) is 5.11 Å². The number of likely N-dealkylation sites (tertiary alicyclic amines) is 1. The molecule has 1 aliphatic heterocycles. The fourth-order valence-electron chi connectivity index (χ4n) is 1.98.